The molecule has 1 aromatic rings. The van der Waals surface area contributed by atoms with Gasteiger partial charge in [-0.15, -0.1) is 11.3 Å². The number of thiophene rings is 1. The molecule has 0 aliphatic carbocycles. The number of carboxylic acids is 1. The fourth-order valence-corrected chi connectivity index (χ4v) is 2.06. The lowest BCUT2D eigenvalue weighted by molar-refractivity contribution is 0.0703. The monoisotopic (exact) mass is 219 g/mol. The van der Waals surface area contributed by atoms with Crippen LogP contribution in [0.15, 0.2) is 11.4 Å². The average Bonchev–Trinajstić information content (AvgIpc) is 2.52. The second-order valence-corrected chi connectivity index (χ2v) is 4.59. The number of nitrogens with one attached hydrogen (secondary N) is 1. The van der Waals surface area contributed by atoms with Crippen molar-refractivity contribution in [1.82, 2.24) is 0 Å². The second-order valence-electron chi connectivity index (χ2n) is 2.20. The average molecular weight is 219 g/mol. The Morgan fingerprint density at radius 1 is 1.77 bits per heavy atom. The molecule has 0 fully saturated rings. The quantitative estimate of drug-likeness (QED) is 0.807. The Kier molecular flexibility index (Phi) is 3.44. The van der Waals surface area contributed by atoms with E-state index < -0.39 is 17.0 Å². The zero-order valence-electron chi connectivity index (χ0n) is 6.94. The van der Waals surface area contributed by atoms with Gasteiger partial charge in [-0.3, -0.25) is 0 Å². The number of hydrogen-bond acceptors (Lipinski definition) is 3. The predicted octanol–water partition coefficient (Wildman–Crippen LogP) is 1.54. The third-order valence-electron chi connectivity index (χ3n) is 1.35. The molecule has 4 nitrogen and oxygen atoms in total. The van der Waals surface area contributed by atoms with E-state index in [9.17, 15) is 9.00 Å². The van der Waals surface area contributed by atoms with Crippen molar-refractivity contribution in [1.29, 1.82) is 0 Å². The summed E-state index contributed by atoms with van der Waals surface area (Å²) in [5, 5.41) is 10.4. The first-order chi connectivity index (χ1) is 6.15. The largest absolute Gasteiger partial charge is 0.477 e. The van der Waals surface area contributed by atoms with Crippen LogP contribution in [-0.4, -0.2) is 21.0 Å². The molecule has 0 saturated carbocycles. The van der Waals surface area contributed by atoms with Gasteiger partial charge >= 0.3 is 5.97 Å². The van der Waals surface area contributed by atoms with E-state index in [0.29, 0.717) is 11.4 Å². The van der Waals surface area contributed by atoms with Crippen molar-refractivity contribution in [3.05, 3.63) is 16.3 Å². The molecule has 13 heavy (non-hydrogen) atoms. The Morgan fingerprint density at radius 3 is 3.00 bits per heavy atom. The van der Waals surface area contributed by atoms with Crippen LogP contribution < -0.4 is 4.72 Å². The highest BCUT2D eigenvalue weighted by Gasteiger charge is 2.12. The van der Waals surface area contributed by atoms with Crippen molar-refractivity contribution in [3.8, 4) is 0 Å². The van der Waals surface area contributed by atoms with Gasteiger partial charge in [0.1, 0.15) is 15.9 Å². The standard InChI is InChI=1S/C7H9NO3S2/c1-2-13(11)8-5-3-4-12-6(5)7(9)10/h3-4,8H,2H2,1H3,(H,9,10). The highest BCUT2D eigenvalue weighted by molar-refractivity contribution is 7.86. The van der Waals surface area contributed by atoms with E-state index >= 15 is 0 Å². The maximum atomic E-state index is 11.1. The lowest BCUT2D eigenvalue weighted by Crippen LogP contribution is -2.08. The fourth-order valence-electron chi connectivity index (χ4n) is 0.750. The minimum atomic E-state index is -1.19. The number of carbonyl (C=O) groups is 1. The van der Waals surface area contributed by atoms with Gasteiger partial charge < -0.3 is 9.83 Å². The third kappa shape index (κ3) is 2.53. The van der Waals surface area contributed by atoms with Gasteiger partial charge in [0.05, 0.1) is 5.69 Å². The van der Waals surface area contributed by atoms with E-state index in [0.717, 1.165) is 11.3 Å². The Hall–Kier alpha value is -0.880. The normalized spacial score (nSPS) is 12.4. The van der Waals surface area contributed by atoms with Crippen molar-refractivity contribution >= 4 is 34.0 Å². The Labute approximate surface area is 82.2 Å². The van der Waals surface area contributed by atoms with Crippen LogP contribution in [-0.2, 0) is 11.0 Å². The van der Waals surface area contributed by atoms with Crippen LogP contribution in [0, 0.1) is 0 Å². The molecule has 72 valence electrons. The molecule has 0 spiro atoms. The van der Waals surface area contributed by atoms with Crippen molar-refractivity contribution in [3.63, 3.8) is 0 Å². The van der Waals surface area contributed by atoms with Crippen LogP contribution in [0.25, 0.3) is 0 Å². The molecule has 0 aliphatic rings. The smallest absolute Gasteiger partial charge is 0.348 e. The van der Waals surface area contributed by atoms with Gasteiger partial charge in [-0.2, -0.15) is 0 Å². The molecule has 6 heteroatoms. The third-order valence-corrected chi connectivity index (χ3v) is 3.22. The van der Waals surface area contributed by atoms with E-state index in [1.807, 2.05) is 0 Å². The number of hydrogen-bond donors (Lipinski definition) is 2. The van der Waals surface area contributed by atoms with Crippen LogP contribution in [0.1, 0.15) is 16.6 Å². The van der Waals surface area contributed by atoms with Gasteiger partial charge in [0.2, 0.25) is 0 Å². The van der Waals surface area contributed by atoms with Crippen molar-refractivity contribution in [2.24, 2.45) is 0 Å². The fraction of sp³-hybridized carbons (Fsp3) is 0.286. The summed E-state index contributed by atoms with van der Waals surface area (Å²) < 4.78 is 13.7. The molecule has 0 aromatic carbocycles. The molecule has 0 amide bonds. The molecule has 1 aromatic heterocycles. The molecule has 1 unspecified atom stereocenters. The molecule has 1 atom stereocenters. The Balaban J connectivity index is 2.82. The van der Waals surface area contributed by atoms with E-state index in [2.05, 4.69) is 4.72 Å². The maximum absolute atomic E-state index is 11.1. The van der Waals surface area contributed by atoms with Gasteiger partial charge in [-0.05, 0) is 11.4 Å². The van der Waals surface area contributed by atoms with E-state index in [1.54, 1.807) is 18.4 Å². The van der Waals surface area contributed by atoms with Crippen LogP contribution in [0.3, 0.4) is 0 Å². The van der Waals surface area contributed by atoms with Gasteiger partial charge in [-0.1, -0.05) is 6.92 Å². The zero-order chi connectivity index (χ0) is 9.84. The summed E-state index contributed by atoms with van der Waals surface area (Å²) in [5.41, 5.74) is 0.428. The molecular formula is C7H9NO3S2. The molecule has 0 bridgehead atoms. The molecule has 0 radical (unpaired) electrons. The van der Waals surface area contributed by atoms with Crippen molar-refractivity contribution in [2.45, 2.75) is 6.92 Å². The molecule has 1 rings (SSSR count). The summed E-state index contributed by atoms with van der Waals surface area (Å²) in [6, 6.07) is 1.61. The molecule has 0 saturated heterocycles. The lowest BCUT2D eigenvalue weighted by atomic mass is 10.4. The van der Waals surface area contributed by atoms with Gasteiger partial charge in [0.15, 0.2) is 0 Å². The first kappa shape index (κ1) is 10.2. The first-order valence-electron chi connectivity index (χ1n) is 3.61. The maximum Gasteiger partial charge on any atom is 0.348 e. The Bertz CT molecular complexity index is 334. The topological polar surface area (TPSA) is 66.4 Å². The summed E-state index contributed by atoms with van der Waals surface area (Å²) >= 11 is 1.11. The van der Waals surface area contributed by atoms with E-state index in [-0.39, 0.29) is 4.88 Å². The van der Waals surface area contributed by atoms with Crippen LogP contribution in [0.5, 0.6) is 0 Å². The number of aromatic carboxylic acids is 1. The highest BCUT2D eigenvalue weighted by atomic mass is 32.2. The summed E-state index contributed by atoms with van der Waals surface area (Å²) in [6.45, 7) is 1.76. The summed E-state index contributed by atoms with van der Waals surface area (Å²) in [6.07, 6.45) is 0. The zero-order valence-corrected chi connectivity index (χ0v) is 8.58. The van der Waals surface area contributed by atoms with Crippen molar-refractivity contribution < 1.29 is 14.1 Å². The van der Waals surface area contributed by atoms with Gasteiger partial charge in [-0.25, -0.2) is 9.00 Å². The first-order valence-corrected chi connectivity index (χ1v) is 5.80. The second kappa shape index (κ2) is 4.38. The molecular weight excluding hydrogens is 210 g/mol. The number of carboxylic acid groups (broad SMARTS) is 1. The van der Waals surface area contributed by atoms with Crippen LogP contribution in [0.4, 0.5) is 5.69 Å². The summed E-state index contributed by atoms with van der Waals surface area (Å²) in [7, 11) is -1.19. The van der Waals surface area contributed by atoms with Crippen LogP contribution >= 0.6 is 11.3 Å². The van der Waals surface area contributed by atoms with Crippen molar-refractivity contribution in [2.75, 3.05) is 10.5 Å². The van der Waals surface area contributed by atoms with E-state index in [4.69, 9.17) is 5.11 Å². The molecule has 2 N–H and O–H groups in total. The Morgan fingerprint density at radius 2 is 2.46 bits per heavy atom. The lowest BCUT2D eigenvalue weighted by Gasteiger charge is -2.01. The number of anilines is 1. The molecule has 0 aliphatic heterocycles. The SMILES string of the molecule is CCS(=O)Nc1ccsc1C(=O)O. The minimum absolute atomic E-state index is 0.196. The van der Waals surface area contributed by atoms with Crippen LogP contribution in [0.2, 0.25) is 0 Å². The predicted molar refractivity (Wildman–Crippen MR) is 53.6 cm³/mol. The number of rotatable bonds is 4. The molecule has 1 heterocycles. The van der Waals surface area contributed by atoms with Gasteiger partial charge in [0, 0.05) is 5.75 Å². The van der Waals surface area contributed by atoms with E-state index in [1.165, 1.54) is 0 Å². The van der Waals surface area contributed by atoms with Gasteiger partial charge in [0.25, 0.3) is 0 Å². The minimum Gasteiger partial charge on any atom is -0.477 e. The highest BCUT2D eigenvalue weighted by Crippen LogP contribution is 2.22. The summed E-state index contributed by atoms with van der Waals surface area (Å²) in [5.74, 6) is -0.542. The summed E-state index contributed by atoms with van der Waals surface area (Å²) in [4.78, 5) is 10.8.